The SMILES string of the molecule is CO[C@@]1(CNS(=O)(=O)c2ccc(F)c(Cl)c2)CCSC1. The zero-order valence-electron chi connectivity index (χ0n) is 10.9. The lowest BCUT2D eigenvalue weighted by Gasteiger charge is -2.26. The third-order valence-electron chi connectivity index (χ3n) is 3.29. The van der Waals surface area contributed by atoms with Gasteiger partial charge in [0.1, 0.15) is 5.82 Å². The molecule has 20 heavy (non-hydrogen) atoms. The molecule has 0 aliphatic carbocycles. The van der Waals surface area contributed by atoms with Crippen LogP contribution in [0.3, 0.4) is 0 Å². The molecule has 1 fully saturated rings. The van der Waals surface area contributed by atoms with Gasteiger partial charge in [0.25, 0.3) is 0 Å². The Morgan fingerprint density at radius 2 is 2.30 bits per heavy atom. The highest BCUT2D eigenvalue weighted by atomic mass is 35.5. The van der Waals surface area contributed by atoms with E-state index in [1.807, 2.05) is 0 Å². The van der Waals surface area contributed by atoms with Gasteiger partial charge in [-0.2, -0.15) is 11.8 Å². The fourth-order valence-corrected chi connectivity index (χ4v) is 4.70. The van der Waals surface area contributed by atoms with Crippen molar-refractivity contribution < 1.29 is 17.5 Å². The molecular formula is C12H15ClFNO3S2. The molecule has 1 aromatic carbocycles. The monoisotopic (exact) mass is 339 g/mol. The molecule has 1 aliphatic heterocycles. The van der Waals surface area contributed by atoms with Crippen molar-refractivity contribution in [2.75, 3.05) is 25.2 Å². The summed E-state index contributed by atoms with van der Waals surface area (Å²) in [7, 11) is -2.15. The van der Waals surface area contributed by atoms with E-state index in [1.54, 1.807) is 18.9 Å². The van der Waals surface area contributed by atoms with Gasteiger partial charge in [-0.05, 0) is 30.4 Å². The zero-order valence-corrected chi connectivity index (χ0v) is 13.2. The summed E-state index contributed by atoms with van der Waals surface area (Å²) in [4.78, 5) is -0.0548. The Balaban J connectivity index is 2.13. The van der Waals surface area contributed by atoms with E-state index in [2.05, 4.69) is 4.72 Å². The minimum absolute atomic E-state index is 0.0548. The van der Waals surface area contributed by atoms with Gasteiger partial charge in [-0.15, -0.1) is 0 Å². The van der Waals surface area contributed by atoms with Crippen molar-refractivity contribution >= 4 is 33.4 Å². The van der Waals surface area contributed by atoms with Crippen molar-refractivity contribution in [1.82, 2.24) is 4.72 Å². The van der Waals surface area contributed by atoms with Crippen LogP contribution in [0.1, 0.15) is 6.42 Å². The van der Waals surface area contributed by atoms with Crippen LogP contribution < -0.4 is 4.72 Å². The summed E-state index contributed by atoms with van der Waals surface area (Å²) in [5, 5.41) is -0.217. The largest absolute Gasteiger partial charge is 0.376 e. The van der Waals surface area contributed by atoms with Gasteiger partial charge in [0.15, 0.2) is 0 Å². The molecule has 1 heterocycles. The van der Waals surface area contributed by atoms with Gasteiger partial charge in [0.2, 0.25) is 10.0 Å². The Bertz CT molecular complexity index is 588. The normalized spacial score (nSPS) is 23.1. The number of halogens is 2. The maximum absolute atomic E-state index is 13.1. The van der Waals surface area contributed by atoms with E-state index < -0.39 is 21.4 Å². The van der Waals surface area contributed by atoms with E-state index in [0.717, 1.165) is 30.1 Å². The minimum Gasteiger partial charge on any atom is -0.376 e. The topological polar surface area (TPSA) is 55.4 Å². The maximum Gasteiger partial charge on any atom is 0.240 e. The Hall–Kier alpha value is -0.340. The Kier molecular flexibility index (Phi) is 4.96. The molecule has 0 spiro atoms. The van der Waals surface area contributed by atoms with Crippen LogP contribution in [0.5, 0.6) is 0 Å². The smallest absolute Gasteiger partial charge is 0.240 e. The van der Waals surface area contributed by atoms with Crippen molar-refractivity contribution in [2.45, 2.75) is 16.9 Å². The number of methoxy groups -OCH3 is 1. The summed E-state index contributed by atoms with van der Waals surface area (Å²) in [6, 6.07) is 3.32. The standard InChI is InChI=1S/C12H15ClFNO3S2/c1-18-12(4-5-19-8-12)7-15-20(16,17)9-2-3-11(14)10(13)6-9/h2-3,6,15H,4-5,7-8H2,1H3/t12-/m1/s1. The number of rotatable bonds is 5. The molecular weight excluding hydrogens is 325 g/mol. The van der Waals surface area contributed by atoms with Crippen LogP contribution in [0.25, 0.3) is 0 Å². The maximum atomic E-state index is 13.1. The summed E-state index contributed by atoms with van der Waals surface area (Å²) in [6.07, 6.45) is 0.793. The van der Waals surface area contributed by atoms with Crippen LogP contribution in [-0.4, -0.2) is 39.2 Å². The first-order chi connectivity index (χ1) is 9.38. The van der Waals surface area contributed by atoms with Crippen LogP contribution in [0, 0.1) is 5.82 Å². The van der Waals surface area contributed by atoms with Crippen molar-refractivity contribution in [2.24, 2.45) is 0 Å². The van der Waals surface area contributed by atoms with E-state index in [4.69, 9.17) is 16.3 Å². The van der Waals surface area contributed by atoms with E-state index in [-0.39, 0.29) is 16.5 Å². The average Bonchev–Trinajstić information content (AvgIpc) is 2.89. The number of thioether (sulfide) groups is 1. The molecule has 4 nitrogen and oxygen atoms in total. The lowest BCUT2D eigenvalue weighted by molar-refractivity contribution is 0.0179. The number of nitrogens with one attached hydrogen (secondary N) is 1. The first kappa shape index (κ1) is 16.0. The van der Waals surface area contributed by atoms with E-state index in [1.165, 1.54) is 6.07 Å². The molecule has 0 saturated carbocycles. The second kappa shape index (κ2) is 6.19. The van der Waals surface area contributed by atoms with Crippen LogP contribution in [0.2, 0.25) is 5.02 Å². The molecule has 112 valence electrons. The predicted octanol–water partition coefficient (Wildman–Crippen LogP) is 2.28. The van der Waals surface area contributed by atoms with Gasteiger partial charge >= 0.3 is 0 Å². The van der Waals surface area contributed by atoms with E-state index >= 15 is 0 Å². The lowest BCUT2D eigenvalue weighted by Crippen LogP contribution is -2.44. The van der Waals surface area contributed by atoms with E-state index in [9.17, 15) is 12.8 Å². The van der Waals surface area contributed by atoms with E-state index in [0.29, 0.717) is 0 Å². The van der Waals surface area contributed by atoms with Gasteiger partial charge in [-0.1, -0.05) is 11.6 Å². The number of benzene rings is 1. The molecule has 8 heteroatoms. The first-order valence-electron chi connectivity index (χ1n) is 5.96. The molecule has 2 rings (SSSR count). The Labute approximate surface area is 127 Å². The number of hydrogen-bond acceptors (Lipinski definition) is 4. The predicted molar refractivity (Wildman–Crippen MR) is 78.3 cm³/mol. The number of hydrogen-bond donors (Lipinski definition) is 1. The van der Waals surface area contributed by atoms with Crippen molar-refractivity contribution in [1.29, 1.82) is 0 Å². The zero-order chi connectivity index (χ0) is 14.8. The molecule has 1 N–H and O–H groups in total. The molecule has 0 amide bonds. The van der Waals surface area contributed by atoms with Gasteiger partial charge < -0.3 is 4.74 Å². The quantitative estimate of drug-likeness (QED) is 0.894. The molecule has 1 atom stereocenters. The van der Waals surface area contributed by atoms with Crippen LogP contribution >= 0.6 is 23.4 Å². The highest BCUT2D eigenvalue weighted by Crippen LogP contribution is 2.30. The van der Waals surface area contributed by atoms with Gasteiger partial charge in [0, 0.05) is 19.4 Å². The summed E-state index contributed by atoms with van der Waals surface area (Å²) in [5.41, 5.74) is -0.471. The second-order valence-corrected chi connectivity index (χ2v) is 7.87. The summed E-state index contributed by atoms with van der Waals surface area (Å²) >= 11 is 7.33. The van der Waals surface area contributed by atoms with Crippen molar-refractivity contribution in [3.05, 3.63) is 29.0 Å². The fourth-order valence-electron chi connectivity index (χ4n) is 1.91. The molecule has 1 aromatic rings. The lowest BCUT2D eigenvalue weighted by atomic mass is 10.0. The van der Waals surface area contributed by atoms with Gasteiger partial charge in [0.05, 0.1) is 15.5 Å². The van der Waals surface area contributed by atoms with Crippen molar-refractivity contribution in [3.63, 3.8) is 0 Å². The summed E-state index contributed by atoms with van der Waals surface area (Å²) in [6.45, 7) is 0.188. The molecule has 1 saturated heterocycles. The minimum atomic E-state index is -3.73. The van der Waals surface area contributed by atoms with Crippen LogP contribution in [0.4, 0.5) is 4.39 Å². The van der Waals surface area contributed by atoms with Gasteiger partial charge in [-0.3, -0.25) is 0 Å². The van der Waals surface area contributed by atoms with Crippen molar-refractivity contribution in [3.8, 4) is 0 Å². The third-order valence-corrected chi connectivity index (χ3v) is 6.20. The highest BCUT2D eigenvalue weighted by molar-refractivity contribution is 7.99. The van der Waals surface area contributed by atoms with Gasteiger partial charge in [-0.25, -0.2) is 17.5 Å². The molecule has 1 aliphatic rings. The van der Waals surface area contributed by atoms with Crippen LogP contribution in [-0.2, 0) is 14.8 Å². The number of sulfonamides is 1. The Morgan fingerprint density at radius 3 is 2.85 bits per heavy atom. The molecule has 0 unspecified atom stereocenters. The molecule has 0 radical (unpaired) electrons. The highest BCUT2D eigenvalue weighted by Gasteiger charge is 2.35. The average molecular weight is 340 g/mol. The summed E-state index contributed by atoms with van der Waals surface area (Å²) in [5.74, 6) is 1.04. The molecule has 0 aromatic heterocycles. The third kappa shape index (κ3) is 3.46. The number of ether oxygens (including phenoxy) is 1. The Morgan fingerprint density at radius 1 is 1.55 bits per heavy atom. The second-order valence-electron chi connectivity index (χ2n) is 4.59. The molecule has 0 bridgehead atoms. The fraction of sp³-hybridized carbons (Fsp3) is 0.500. The van der Waals surface area contributed by atoms with Crippen LogP contribution in [0.15, 0.2) is 23.1 Å². The summed E-state index contributed by atoms with van der Waals surface area (Å²) < 4.78 is 45.3. The first-order valence-corrected chi connectivity index (χ1v) is 8.98.